The van der Waals surface area contributed by atoms with Crippen molar-refractivity contribution in [3.63, 3.8) is 0 Å². The van der Waals surface area contributed by atoms with E-state index in [1.807, 2.05) is 18.2 Å². The third-order valence-electron chi connectivity index (χ3n) is 4.15. The van der Waals surface area contributed by atoms with Gasteiger partial charge in [0.2, 0.25) is 11.0 Å². The van der Waals surface area contributed by atoms with Crippen molar-refractivity contribution in [3.8, 4) is 11.5 Å². The fraction of sp³-hybridized carbons (Fsp3) is 0.0526. The van der Waals surface area contributed by atoms with E-state index in [0.717, 1.165) is 27.9 Å². The summed E-state index contributed by atoms with van der Waals surface area (Å²) in [5.41, 5.74) is 2.91. The van der Waals surface area contributed by atoms with E-state index in [-0.39, 0.29) is 0 Å². The van der Waals surface area contributed by atoms with Crippen LogP contribution in [0, 0.1) is 0 Å². The Morgan fingerprint density at radius 3 is 2.64 bits per heavy atom. The third kappa shape index (κ3) is 2.51. The van der Waals surface area contributed by atoms with E-state index in [4.69, 9.17) is 5.10 Å². The molecule has 25 heavy (non-hydrogen) atoms. The van der Waals surface area contributed by atoms with Gasteiger partial charge in [0, 0.05) is 11.9 Å². The van der Waals surface area contributed by atoms with Crippen LogP contribution < -0.4 is 0 Å². The molecule has 0 amide bonds. The highest BCUT2D eigenvalue weighted by Gasteiger charge is 2.21. The van der Waals surface area contributed by atoms with Gasteiger partial charge in [-0.25, -0.2) is 0 Å². The van der Waals surface area contributed by atoms with E-state index in [9.17, 15) is 0 Å². The molecule has 1 aliphatic rings. The van der Waals surface area contributed by atoms with Gasteiger partial charge in [0.15, 0.2) is 0 Å². The van der Waals surface area contributed by atoms with Gasteiger partial charge >= 0.3 is 0 Å². The van der Waals surface area contributed by atoms with Crippen LogP contribution in [0.3, 0.4) is 0 Å². The normalized spacial score (nSPS) is 13.5. The number of nitrogens with zero attached hydrogens (tertiary/aromatic N) is 5. The first-order valence-corrected chi connectivity index (χ1v) is 8.94. The van der Waals surface area contributed by atoms with Crippen LogP contribution in [0.25, 0.3) is 22.3 Å². The summed E-state index contributed by atoms with van der Waals surface area (Å²) >= 11 is 1.64. The Bertz CT molecular complexity index is 1100. The quantitative estimate of drug-likeness (QED) is 0.555. The van der Waals surface area contributed by atoms with E-state index in [0.29, 0.717) is 5.82 Å². The maximum atomic E-state index is 4.81. The number of fused-ring (bicyclic) bond motifs is 2. The number of rotatable bonds is 2. The van der Waals surface area contributed by atoms with E-state index < -0.39 is 0 Å². The zero-order valence-electron chi connectivity index (χ0n) is 13.2. The van der Waals surface area contributed by atoms with Gasteiger partial charge in [0.05, 0.1) is 5.71 Å². The Morgan fingerprint density at radius 1 is 0.880 bits per heavy atom. The maximum absolute atomic E-state index is 4.81. The lowest BCUT2D eigenvalue weighted by Gasteiger charge is -2.14. The molecular weight excluding hydrogens is 330 g/mol. The highest BCUT2D eigenvalue weighted by molar-refractivity contribution is 7.99. The number of hydrogen-bond donors (Lipinski definition) is 0. The molecule has 0 bridgehead atoms. The van der Waals surface area contributed by atoms with Crippen molar-refractivity contribution in [2.45, 2.75) is 5.16 Å². The number of thioether (sulfide) groups is 1. The molecule has 0 N–H and O–H groups in total. The lowest BCUT2D eigenvalue weighted by Crippen LogP contribution is -2.13. The van der Waals surface area contributed by atoms with Crippen LogP contribution >= 0.6 is 11.8 Å². The first-order valence-electron chi connectivity index (χ1n) is 7.95. The van der Waals surface area contributed by atoms with Crippen molar-refractivity contribution in [1.29, 1.82) is 0 Å². The lowest BCUT2D eigenvalue weighted by atomic mass is 10.0. The van der Waals surface area contributed by atoms with Gasteiger partial charge in [-0.2, -0.15) is 9.78 Å². The highest BCUT2D eigenvalue weighted by atomic mass is 32.2. The van der Waals surface area contributed by atoms with Crippen LogP contribution in [-0.4, -0.2) is 31.3 Å². The Morgan fingerprint density at radius 2 is 1.76 bits per heavy atom. The van der Waals surface area contributed by atoms with Crippen LogP contribution in [0.4, 0.5) is 0 Å². The standard InChI is InChI=1S/C19H13N5S/c1-2-6-14-11-15(9-8-13(14)5-1)17-12-25-19-22-21-18(24(19)23-17)16-7-3-4-10-20-16/h1-11H,12H2. The Hall–Kier alpha value is -2.99. The largest absolute Gasteiger partial charge is 0.253 e. The zero-order valence-corrected chi connectivity index (χ0v) is 14.0. The van der Waals surface area contributed by atoms with Gasteiger partial charge in [0.1, 0.15) is 5.69 Å². The van der Waals surface area contributed by atoms with Crippen LogP contribution in [0.15, 0.2) is 77.1 Å². The summed E-state index contributed by atoms with van der Waals surface area (Å²) in [5, 5.41) is 16.6. The van der Waals surface area contributed by atoms with Gasteiger partial charge in [-0.1, -0.05) is 54.2 Å². The third-order valence-corrected chi connectivity index (χ3v) is 5.08. The SMILES string of the molecule is c1ccc(-c2nnc3n2N=C(c2ccc4ccccc4c2)CS3)nc1. The van der Waals surface area contributed by atoms with Crippen molar-refractivity contribution in [2.75, 3.05) is 5.75 Å². The highest BCUT2D eigenvalue weighted by Crippen LogP contribution is 2.28. The molecule has 5 rings (SSSR count). The van der Waals surface area contributed by atoms with Gasteiger partial charge in [-0.05, 0) is 34.5 Å². The zero-order chi connectivity index (χ0) is 16.6. The Balaban J connectivity index is 1.61. The topological polar surface area (TPSA) is 56.0 Å². The molecule has 0 spiro atoms. The minimum Gasteiger partial charge on any atom is -0.253 e. The molecule has 0 saturated heterocycles. The molecule has 0 radical (unpaired) electrons. The second kappa shape index (κ2) is 5.82. The molecule has 0 unspecified atom stereocenters. The maximum Gasteiger partial charge on any atom is 0.212 e. The molecule has 5 nitrogen and oxygen atoms in total. The predicted octanol–water partition coefficient (Wildman–Crippen LogP) is 3.85. The average Bonchev–Trinajstić information content (AvgIpc) is 3.11. The van der Waals surface area contributed by atoms with E-state index in [1.54, 1.807) is 22.6 Å². The summed E-state index contributed by atoms with van der Waals surface area (Å²) in [4.78, 5) is 4.37. The Kier molecular flexibility index (Phi) is 3.34. The second-order valence-electron chi connectivity index (χ2n) is 5.73. The van der Waals surface area contributed by atoms with Gasteiger partial charge in [0.25, 0.3) is 0 Å². The summed E-state index contributed by atoms with van der Waals surface area (Å²) in [6.07, 6.45) is 1.75. The van der Waals surface area contributed by atoms with Crippen LogP contribution in [0.1, 0.15) is 5.56 Å². The first kappa shape index (κ1) is 14.4. The van der Waals surface area contributed by atoms with Crippen LogP contribution in [0.2, 0.25) is 0 Å². The van der Waals surface area contributed by atoms with Crippen molar-refractivity contribution < 1.29 is 0 Å². The fourth-order valence-corrected chi connectivity index (χ4v) is 3.73. The smallest absolute Gasteiger partial charge is 0.212 e. The van der Waals surface area contributed by atoms with Crippen molar-refractivity contribution in [1.82, 2.24) is 19.9 Å². The van der Waals surface area contributed by atoms with E-state index >= 15 is 0 Å². The summed E-state index contributed by atoms with van der Waals surface area (Å²) in [5.74, 6) is 1.44. The Labute approximate surface area is 148 Å². The minimum absolute atomic E-state index is 0.668. The van der Waals surface area contributed by atoms with Gasteiger partial charge in [-0.3, -0.25) is 4.98 Å². The monoisotopic (exact) mass is 343 g/mol. The number of benzene rings is 2. The van der Waals surface area contributed by atoms with E-state index in [2.05, 4.69) is 57.6 Å². The second-order valence-corrected chi connectivity index (χ2v) is 6.67. The number of aromatic nitrogens is 4. The fourth-order valence-electron chi connectivity index (χ4n) is 2.89. The minimum atomic E-state index is 0.668. The van der Waals surface area contributed by atoms with Gasteiger partial charge < -0.3 is 0 Å². The average molecular weight is 343 g/mol. The summed E-state index contributed by atoms with van der Waals surface area (Å²) < 4.78 is 1.79. The summed E-state index contributed by atoms with van der Waals surface area (Å²) in [7, 11) is 0. The molecule has 0 fully saturated rings. The van der Waals surface area contributed by atoms with Crippen LogP contribution in [-0.2, 0) is 0 Å². The van der Waals surface area contributed by atoms with Crippen molar-refractivity contribution in [2.24, 2.45) is 5.10 Å². The molecule has 0 saturated carbocycles. The lowest BCUT2D eigenvalue weighted by molar-refractivity contribution is 0.761. The number of hydrogen-bond acceptors (Lipinski definition) is 5. The molecule has 3 heterocycles. The molecule has 2 aromatic carbocycles. The first-order chi connectivity index (χ1) is 12.4. The van der Waals surface area contributed by atoms with Crippen LogP contribution in [0.5, 0.6) is 0 Å². The number of pyridine rings is 1. The molecule has 0 aliphatic carbocycles. The van der Waals surface area contributed by atoms with Gasteiger partial charge in [-0.15, -0.1) is 10.2 Å². The summed E-state index contributed by atoms with van der Waals surface area (Å²) in [6, 6.07) is 20.5. The van der Waals surface area contributed by atoms with Crippen molar-refractivity contribution in [3.05, 3.63) is 72.4 Å². The molecule has 1 aliphatic heterocycles. The molecule has 120 valence electrons. The van der Waals surface area contributed by atoms with Crippen molar-refractivity contribution >= 4 is 28.2 Å². The molecule has 6 heteroatoms. The molecular formula is C19H13N5S. The molecule has 4 aromatic rings. The molecule has 2 aromatic heterocycles. The van der Waals surface area contributed by atoms with E-state index in [1.165, 1.54) is 10.8 Å². The predicted molar refractivity (Wildman–Crippen MR) is 99.9 cm³/mol. The molecule has 0 atom stereocenters. The summed E-state index contributed by atoms with van der Waals surface area (Å²) in [6.45, 7) is 0.